The lowest BCUT2D eigenvalue weighted by Crippen LogP contribution is -2.21. The van der Waals surface area contributed by atoms with Gasteiger partial charge in [0.05, 0.1) is 5.56 Å². The molecule has 2 heteroatoms. The van der Waals surface area contributed by atoms with Gasteiger partial charge in [0, 0.05) is 5.92 Å². The van der Waals surface area contributed by atoms with Crippen molar-refractivity contribution in [1.29, 1.82) is 0 Å². The van der Waals surface area contributed by atoms with E-state index in [4.69, 9.17) is 4.42 Å². The summed E-state index contributed by atoms with van der Waals surface area (Å²) in [6.07, 6.45) is 5.79. The van der Waals surface area contributed by atoms with E-state index in [9.17, 15) is 4.79 Å². The van der Waals surface area contributed by atoms with Crippen molar-refractivity contribution in [1.82, 2.24) is 0 Å². The van der Waals surface area contributed by atoms with Crippen molar-refractivity contribution in [2.24, 2.45) is 11.8 Å². The maximum atomic E-state index is 12.4. The van der Waals surface area contributed by atoms with E-state index in [1.807, 2.05) is 19.9 Å². The molecule has 0 bridgehead atoms. The molecule has 0 saturated heterocycles. The Morgan fingerprint density at radius 3 is 2.41 bits per heavy atom. The third-order valence-corrected chi connectivity index (χ3v) is 4.10. The lowest BCUT2D eigenvalue weighted by molar-refractivity contribution is 0.0869. The summed E-state index contributed by atoms with van der Waals surface area (Å²) in [5, 5.41) is 0. The van der Waals surface area contributed by atoms with Crippen LogP contribution in [-0.4, -0.2) is 5.78 Å². The molecular formula is C15H22O2. The average molecular weight is 234 g/mol. The van der Waals surface area contributed by atoms with Crippen LogP contribution in [0.2, 0.25) is 0 Å². The Kier molecular flexibility index (Phi) is 3.70. The number of hydrogen-bond donors (Lipinski definition) is 0. The molecule has 0 spiro atoms. The highest BCUT2D eigenvalue weighted by Crippen LogP contribution is 2.33. The number of carbonyl (C=O) groups is 1. The predicted octanol–water partition coefficient (Wildman–Crippen LogP) is 4.30. The molecule has 1 aromatic rings. The number of Topliss-reactive ketones (excluding diaryl/α,β-unsaturated/α-hetero) is 1. The van der Waals surface area contributed by atoms with Gasteiger partial charge in [-0.25, -0.2) is 0 Å². The number of rotatable bonds is 3. The number of furan rings is 1. The predicted molar refractivity (Wildman–Crippen MR) is 68.3 cm³/mol. The Balaban J connectivity index is 2.04. The second kappa shape index (κ2) is 5.07. The summed E-state index contributed by atoms with van der Waals surface area (Å²) in [5.41, 5.74) is 0.808. The molecule has 94 valence electrons. The molecule has 1 fully saturated rings. The Morgan fingerprint density at radius 1 is 1.29 bits per heavy atom. The fraction of sp³-hybridized carbons (Fsp3) is 0.667. The van der Waals surface area contributed by atoms with Crippen LogP contribution in [0.5, 0.6) is 0 Å². The van der Waals surface area contributed by atoms with Crippen LogP contribution in [0.25, 0.3) is 0 Å². The van der Waals surface area contributed by atoms with Gasteiger partial charge in [0.15, 0.2) is 5.78 Å². The van der Waals surface area contributed by atoms with E-state index < -0.39 is 0 Å². The largest absolute Gasteiger partial charge is 0.466 e. The standard InChI is InChI=1S/C15H22O2/c1-4-12-5-7-13(8-6-12)15(16)14-9-10(2)17-11(14)3/h9,12-13H,4-8H2,1-3H3. The SMILES string of the molecule is CCC1CCC(C(=O)c2cc(C)oc2C)CC1. The summed E-state index contributed by atoms with van der Waals surface area (Å²) in [4.78, 5) is 12.4. The van der Waals surface area contributed by atoms with Crippen LogP contribution >= 0.6 is 0 Å². The minimum atomic E-state index is 0.230. The molecule has 0 atom stereocenters. The monoisotopic (exact) mass is 234 g/mol. The van der Waals surface area contributed by atoms with Crippen LogP contribution in [0.15, 0.2) is 10.5 Å². The van der Waals surface area contributed by atoms with Gasteiger partial charge in [0.1, 0.15) is 11.5 Å². The van der Waals surface area contributed by atoms with Gasteiger partial charge < -0.3 is 4.42 Å². The van der Waals surface area contributed by atoms with Gasteiger partial charge in [-0.15, -0.1) is 0 Å². The van der Waals surface area contributed by atoms with Crippen molar-refractivity contribution in [2.75, 3.05) is 0 Å². The first-order chi connectivity index (χ1) is 8.11. The van der Waals surface area contributed by atoms with E-state index in [0.29, 0.717) is 5.78 Å². The van der Waals surface area contributed by atoms with Crippen LogP contribution in [0.4, 0.5) is 0 Å². The molecule has 1 heterocycles. The topological polar surface area (TPSA) is 30.2 Å². The first-order valence-corrected chi connectivity index (χ1v) is 6.73. The average Bonchev–Trinajstić information content (AvgIpc) is 2.68. The van der Waals surface area contributed by atoms with Gasteiger partial charge in [-0.05, 0) is 51.5 Å². The van der Waals surface area contributed by atoms with Crippen molar-refractivity contribution in [3.8, 4) is 0 Å². The normalized spacial score (nSPS) is 24.9. The van der Waals surface area contributed by atoms with Crippen molar-refractivity contribution in [2.45, 2.75) is 52.9 Å². The Labute approximate surface area is 103 Å². The Hall–Kier alpha value is -1.05. The van der Waals surface area contributed by atoms with Gasteiger partial charge in [0.25, 0.3) is 0 Å². The minimum Gasteiger partial charge on any atom is -0.466 e. The van der Waals surface area contributed by atoms with Crippen LogP contribution in [0.1, 0.15) is 60.9 Å². The lowest BCUT2D eigenvalue weighted by atomic mass is 9.78. The quantitative estimate of drug-likeness (QED) is 0.730. The van der Waals surface area contributed by atoms with Crippen LogP contribution in [0, 0.1) is 25.7 Å². The first-order valence-electron chi connectivity index (χ1n) is 6.73. The summed E-state index contributed by atoms with van der Waals surface area (Å²) < 4.78 is 5.45. The molecule has 2 nitrogen and oxygen atoms in total. The van der Waals surface area contributed by atoms with Crippen LogP contribution in [0.3, 0.4) is 0 Å². The fourth-order valence-electron chi connectivity index (χ4n) is 2.93. The number of aryl methyl sites for hydroxylation is 2. The summed E-state index contributed by atoms with van der Waals surface area (Å²) in [5.74, 6) is 2.99. The Morgan fingerprint density at radius 2 is 1.94 bits per heavy atom. The summed E-state index contributed by atoms with van der Waals surface area (Å²) in [7, 11) is 0. The van der Waals surface area contributed by atoms with Crippen molar-refractivity contribution < 1.29 is 9.21 Å². The molecule has 0 aromatic carbocycles. The van der Waals surface area contributed by atoms with E-state index in [2.05, 4.69) is 6.92 Å². The molecule has 0 unspecified atom stereocenters. The highest BCUT2D eigenvalue weighted by atomic mass is 16.3. The fourth-order valence-corrected chi connectivity index (χ4v) is 2.93. The second-order valence-corrected chi connectivity index (χ2v) is 5.32. The van der Waals surface area contributed by atoms with E-state index in [-0.39, 0.29) is 5.92 Å². The van der Waals surface area contributed by atoms with Gasteiger partial charge in [0.2, 0.25) is 0 Å². The highest BCUT2D eigenvalue weighted by molar-refractivity contribution is 5.98. The smallest absolute Gasteiger partial charge is 0.169 e. The molecule has 1 saturated carbocycles. The first kappa shape index (κ1) is 12.4. The number of hydrogen-bond acceptors (Lipinski definition) is 2. The molecule has 1 aromatic heterocycles. The van der Waals surface area contributed by atoms with E-state index >= 15 is 0 Å². The molecule has 1 aliphatic carbocycles. The zero-order chi connectivity index (χ0) is 12.4. The van der Waals surface area contributed by atoms with Crippen LogP contribution in [-0.2, 0) is 0 Å². The molecule has 0 amide bonds. The second-order valence-electron chi connectivity index (χ2n) is 5.32. The molecule has 0 aliphatic heterocycles. The Bertz CT molecular complexity index is 395. The van der Waals surface area contributed by atoms with Crippen LogP contribution < -0.4 is 0 Å². The summed E-state index contributed by atoms with van der Waals surface area (Å²) >= 11 is 0. The minimum absolute atomic E-state index is 0.230. The van der Waals surface area contributed by atoms with Gasteiger partial charge in [-0.2, -0.15) is 0 Å². The summed E-state index contributed by atoms with van der Waals surface area (Å²) in [6.45, 7) is 6.03. The molecule has 0 N–H and O–H groups in total. The van der Waals surface area contributed by atoms with Crippen molar-refractivity contribution in [3.05, 3.63) is 23.2 Å². The summed E-state index contributed by atoms with van der Waals surface area (Å²) in [6, 6.07) is 1.89. The zero-order valence-corrected chi connectivity index (χ0v) is 11.1. The van der Waals surface area contributed by atoms with Gasteiger partial charge >= 0.3 is 0 Å². The van der Waals surface area contributed by atoms with E-state index in [1.165, 1.54) is 19.3 Å². The maximum Gasteiger partial charge on any atom is 0.169 e. The molecule has 1 aliphatic rings. The van der Waals surface area contributed by atoms with Gasteiger partial charge in [-0.1, -0.05) is 13.3 Å². The molecule has 0 radical (unpaired) electrons. The zero-order valence-electron chi connectivity index (χ0n) is 11.1. The van der Waals surface area contributed by atoms with Crippen molar-refractivity contribution in [3.63, 3.8) is 0 Å². The van der Waals surface area contributed by atoms with E-state index in [0.717, 1.165) is 35.8 Å². The number of ketones is 1. The third kappa shape index (κ3) is 2.62. The van der Waals surface area contributed by atoms with E-state index in [1.54, 1.807) is 0 Å². The molecule has 17 heavy (non-hydrogen) atoms. The maximum absolute atomic E-state index is 12.4. The number of carbonyl (C=O) groups excluding carboxylic acids is 1. The lowest BCUT2D eigenvalue weighted by Gasteiger charge is -2.26. The molecular weight excluding hydrogens is 212 g/mol. The molecule has 2 rings (SSSR count). The third-order valence-electron chi connectivity index (χ3n) is 4.10. The van der Waals surface area contributed by atoms with Crippen molar-refractivity contribution >= 4 is 5.78 Å². The highest BCUT2D eigenvalue weighted by Gasteiger charge is 2.28. The van der Waals surface area contributed by atoms with Gasteiger partial charge in [-0.3, -0.25) is 4.79 Å².